The predicted octanol–water partition coefficient (Wildman–Crippen LogP) is 2.53. The Bertz CT molecular complexity index is 886. The number of rotatable bonds is 5. The largest absolute Gasteiger partial charge is 0.454 e. The summed E-state index contributed by atoms with van der Waals surface area (Å²) < 4.78 is 43.0. The molecule has 30 heavy (non-hydrogen) atoms. The standard InChI is InChI=1S/C20H19F3N2O5/c1-11(25-17(27)14-7-2-3-8-15(14)18(25)28)19(29)30-10-16(26)24-13-6-4-5-12(9-13)20(21,22)23/h2-6,9,11,14-15H,7-8,10H2,1H3,(H,24,26)/t11-,14-,15+/m0/s1. The van der Waals surface area contributed by atoms with Gasteiger partial charge in [-0.3, -0.25) is 19.3 Å². The van der Waals surface area contributed by atoms with Gasteiger partial charge in [0.15, 0.2) is 6.61 Å². The summed E-state index contributed by atoms with van der Waals surface area (Å²) in [5, 5.41) is 2.20. The summed E-state index contributed by atoms with van der Waals surface area (Å²) in [5.41, 5.74) is -1.05. The van der Waals surface area contributed by atoms with Crippen molar-refractivity contribution in [2.75, 3.05) is 11.9 Å². The number of alkyl halides is 3. The first-order valence-corrected chi connectivity index (χ1v) is 9.25. The van der Waals surface area contributed by atoms with Gasteiger partial charge in [0.1, 0.15) is 6.04 Å². The number of nitrogens with one attached hydrogen (secondary N) is 1. The summed E-state index contributed by atoms with van der Waals surface area (Å²) in [6.07, 6.45) is -0.0855. The van der Waals surface area contributed by atoms with E-state index in [-0.39, 0.29) is 5.69 Å². The molecule has 2 aliphatic rings. The number of hydrogen-bond acceptors (Lipinski definition) is 5. The number of esters is 1. The normalized spacial score (nSPS) is 21.9. The number of imide groups is 1. The summed E-state index contributed by atoms with van der Waals surface area (Å²) in [7, 11) is 0. The van der Waals surface area contributed by atoms with E-state index in [0.717, 1.165) is 23.1 Å². The van der Waals surface area contributed by atoms with Crippen LogP contribution in [0.25, 0.3) is 0 Å². The van der Waals surface area contributed by atoms with Gasteiger partial charge < -0.3 is 10.1 Å². The Morgan fingerprint density at radius 3 is 2.33 bits per heavy atom. The zero-order chi connectivity index (χ0) is 22.1. The van der Waals surface area contributed by atoms with E-state index < -0.39 is 59.9 Å². The molecule has 1 aliphatic carbocycles. The lowest BCUT2D eigenvalue weighted by molar-refractivity contribution is -0.159. The van der Waals surface area contributed by atoms with Gasteiger partial charge >= 0.3 is 12.1 Å². The number of ether oxygens (including phenoxy) is 1. The molecule has 0 unspecified atom stereocenters. The fourth-order valence-corrected chi connectivity index (χ4v) is 3.54. The molecule has 1 aromatic rings. The number of carbonyl (C=O) groups excluding carboxylic acids is 4. The van der Waals surface area contributed by atoms with Crippen LogP contribution >= 0.6 is 0 Å². The predicted molar refractivity (Wildman–Crippen MR) is 97.7 cm³/mol. The molecule has 1 saturated heterocycles. The molecule has 0 spiro atoms. The van der Waals surface area contributed by atoms with Crippen molar-refractivity contribution in [1.82, 2.24) is 4.90 Å². The molecule has 160 valence electrons. The van der Waals surface area contributed by atoms with Crippen molar-refractivity contribution in [3.05, 3.63) is 42.0 Å². The second kappa shape index (κ2) is 8.29. The third-order valence-corrected chi connectivity index (χ3v) is 5.09. The van der Waals surface area contributed by atoms with E-state index in [1.807, 2.05) is 12.2 Å². The van der Waals surface area contributed by atoms with Gasteiger partial charge in [0.25, 0.3) is 5.91 Å². The maximum atomic E-state index is 12.7. The van der Waals surface area contributed by atoms with Crippen LogP contribution in [0.15, 0.2) is 36.4 Å². The van der Waals surface area contributed by atoms with Crippen molar-refractivity contribution >= 4 is 29.4 Å². The number of nitrogens with zero attached hydrogens (tertiary/aromatic N) is 1. The van der Waals surface area contributed by atoms with Gasteiger partial charge in [-0.15, -0.1) is 0 Å². The van der Waals surface area contributed by atoms with Crippen LogP contribution in [0.3, 0.4) is 0 Å². The van der Waals surface area contributed by atoms with E-state index in [1.54, 1.807) is 0 Å². The molecule has 1 aliphatic heterocycles. The summed E-state index contributed by atoms with van der Waals surface area (Å²) in [6.45, 7) is 0.553. The monoisotopic (exact) mass is 424 g/mol. The Balaban J connectivity index is 1.56. The van der Waals surface area contributed by atoms with Gasteiger partial charge in [0.05, 0.1) is 17.4 Å². The molecule has 1 N–H and O–H groups in total. The minimum atomic E-state index is -4.57. The molecule has 1 fully saturated rings. The Kier molecular flexibility index (Phi) is 5.95. The first-order chi connectivity index (χ1) is 14.1. The maximum absolute atomic E-state index is 12.7. The molecule has 0 aromatic heterocycles. The number of benzene rings is 1. The SMILES string of the molecule is C[C@@H](C(=O)OCC(=O)Nc1cccc(C(F)(F)F)c1)N1C(=O)[C@H]2CC=CC[C@H]2C1=O. The number of carbonyl (C=O) groups is 4. The third-order valence-electron chi connectivity index (χ3n) is 5.09. The molecule has 1 heterocycles. The average molecular weight is 424 g/mol. The quantitative estimate of drug-likeness (QED) is 0.446. The molecule has 3 rings (SSSR count). The summed E-state index contributed by atoms with van der Waals surface area (Å²) in [6, 6.07) is 2.78. The highest BCUT2D eigenvalue weighted by atomic mass is 19.4. The van der Waals surface area contributed by atoms with Gasteiger partial charge in [-0.2, -0.15) is 13.2 Å². The van der Waals surface area contributed by atoms with Crippen molar-refractivity contribution < 1.29 is 37.1 Å². The number of hydrogen-bond donors (Lipinski definition) is 1. The van der Waals surface area contributed by atoms with Crippen molar-refractivity contribution in [2.24, 2.45) is 11.8 Å². The van der Waals surface area contributed by atoms with E-state index in [4.69, 9.17) is 4.74 Å². The van der Waals surface area contributed by atoms with Crippen molar-refractivity contribution in [2.45, 2.75) is 32.0 Å². The van der Waals surface area contributed by atoms with Crippen LogP contribution in [0.2, 0.25) is 0 Å². The minimum absolute atomic E-state index is 0.111. The van der Waals surface area contributed by atoms with Crippen LogP contribution in [-0.4, -0.2) is 41.2 Å². The lowest BCUT2D eigenvalue weighted by atomic mass is 9.85. The molecule has 3 atom stereocenters. The summed E-state index contributed by atoms with van der Waals surface area (Å²) in [5.74, 6) is -3.71. The Morgan fingerprint density at radius 1 is 1.17 bits per heavy atom. The number of amides is 3. The van der Waals surface area contributed by atoms with Gasteiger partial charge in [-0.1, -0.05) is 18.2 Å². The molecule has 10 heteroatoms. The van der Waals surface area contributed by atoms with E-state index in [0.29, 0.717) is 12.8 Å². The van der Waals surface area contributed by atoms with Crippen LogP contribution < -0.4 is 5.32 Å². The number of halogens is 3. The first-order valence-electron chi connectivity index (χ1n) is 9.25. The summed E-state index contributed by atoms with van der Waals surface area (Å²) >= 11 is 0. The van der Waals surface area contributed by atoms with Crippen molar-refractivity contribution in [3.8, 4) is 0 Å². The molecular weight excluding hydrogens is 405 g/mol. The lowest BCUT2D eigenvalue weighted by Crippen LogP contribution is -2.45. The third kappa shape index (κ3) is 4.37. The highest BCUT2D eigenvalue weighted by Crippen LogP contribution is 2.36. The maximum Gasteiger partial charge on any atom is 0.416 e. The van der Waals surface area contributed by atoms with Crippen LogP contribution in [0, 0.1) is 11.8 Å². The molecule has 0 radical (unpaired) electrons. The van der Waals surface area contributed by atoms with Crippen molar-refractivity contribution in [1.29, 1.82) is 0 Å². The number of likely N-dealkylation sites (tertiary alicyclic amines) is 1. The zero-order valence-corrected chi connectivity index (χ0v) is 15.9. The van der Waals surface area contributed by atoms with Crippen LogP contribution in [0.5, 0.6) is 0 Å². The second-order valence-electron chi connectivity index (χ2n) is 7.11. The molecular formula is C20H19F3N2O5. The summed E-state index contributed by atoms with van der Waals surface area (Å²) in [4.78, 5) is 50.0. The van der Waals surface area contributed by atoms with E-state index in [9.17, 15) is 32.3 Å². The number of fused-ring (bicyclic) bond motifs is 1. The number of allylic oxidation sites excluding steroid dienone is 2. The van der Waals surface area contributed by atoms with Gasteiger partial charge in [0.2, 0.25) is 11.8 Å². The molecule has 0 bridgehead atoms. The fraction of sp³-hybridized carbons (Fsp3) is 0.400. The van der Waals surface area contributed by atoms with Gasteiger partial charge in [-0.05, 0) is 38.0 Å². The van der Waals surface area contributed by atoms with Crippen LogP contribution in [0.1, 0.15) is 25.3 Å². The zero-order valence-electron chi connectivity index (χ0n) is 15.9. The van der Waals surface area contributed by atoms with Crippen LogP contribution in [-0.2, 0) is 30.1 Å². The van der Waals surface area contributed by atoms with E-state index in [2.05, 4.69) is 5.32 Å². The highest BCUT2D eigenvalue weighted by molar-refractivity contribution is 6.08. The topological polar surface area (TPSA) is 92.8 Å². The Morgan fingerprint density at radius 2 is 1.77 bits per heavy atom. The smallest absolute Gasteiger partial charge is 0.416 e. The minimum Gasteiger partial charge on any atom is -0.454 e. The van der Waals surface area contributed by atoms with Gasteiger partial charge in [-0.25, -0.2) is 4.79 Å². The Hall–Kier alpha value is -3.17. The molecule has 1 aromatic carbocycles. The average Bonchev–Trinajstić information content (AvgIpc) is 2.96. The number of anilines is 1. The van der Waals surface area contributed by atoms with E-state index >= 15 is 0 Å². The molecule has 7 nitrogen and oxygen atoms in total. The lowest BCUT2D eigenvalue weighted by Gasteiger charge is -2.21. The first kappa shape index (κ1) is 21.5. The van der Waals surface area contributed by atoms with Gasteiger partial charge in [0, 0.05) is 5.69 Å². The van der Waals surface area contributed by atoms with Crippen molar-refractivity contribution in [3.63, 3.8) is 0 Å². The Labute approximate surface area is 169 Å². The second-order valence-corrected chi connectivity index (χ2v) is 7.11. The highest BCUT2D eigenvalue weighted by Gasteiger charge is 2.50. The van der Waals surface area contributed by atoms with Crippen LogP contribution in [0.4, 0.5) is 18.9 Å². The molecule has 0 saturated carbocycles. The van der Waals surface area contributed by atoms with E-state index in [1.165, 1.54) is 13.0 Å². The fourth-order valence-electron chi connectivity index (χ4n) is 3.54. The molecule has 3 amide bonds.